The maximum absolute atomic E-state index is 8.66. The van der Waals surface area contributed by atoms with Gasteiger partial charge >= 0.3 is 0 Å². The van der Waals surface area contributed by atoms with Crippen LogP contribution in [0.1, 0.15) is 11.1 Å². The predicted molar refractivity (Wildman–Crippen MR) is 108 cm³/mol. The maximum Gasteiger partial charge on any atom is 0.163 e. The van der Waals surface area contributed by atoms with Crippen molar-refractivity contribution in [2.24, 2.45) is 0 Å². The highest BCUT2D eigenvalue weighted by molar-refractivity contribution is 6.42. The van der Waals surface area contributed by atoms with Crippen LogP contribution in [0.3, 0.4) is 0 Å². The normalized spacial score (nSPS) is 10.9. The Labute approximate surface area is 174 Å². The summed E-state index contributed by atoms with van der Waals surface area (Å²) in [6, 6.07) is 8.91. The highest BCUT2D eigenvalue weighted by Crippen LogP contribution is 2.34. The van der Waals surface area contributed by atoms with Crippen LogP contribution in [0.25, 0.3) is 0 Å². The molecule has 2 aromatic carbocycles. The summed E-state index contributed by atoms with van der Waals surface area (Å²) in [5, 5.41) is 13.4. The molecule has 148 valence electrons. The van der Waals surface area contributed by atoms with Crippen LogP contribution in [0, 0.1) is 0 Å². The van der Waals surface area contributed by atoms with Gasteiger partial charge in [-0.1, -0.05) is 40.9 Å². The molecular weight excluding hydrogens is 413 g/mol. The molecule has 0 aliphatic carbocycles. The average Bonchev–Trinajstić information content (AvgIpc) is 2.66. The van der Waals surface area contributed by atoms with E-state index in [1.54, 1.807) is 25.3 Å². The van der Waals surface area contributed by atoms with E-state index in [1.807, 2.05) is 12.1 Å². The van der Waals surface area contributed by atoms with E-state index >= 15 is 0 Å². The van der Waals surface area contributed by atoms with Gasteiger partial charge in [0.05, 0.1) is 37.0 Å². The highest BCUT2D eigenvalue weighted by atomic mass is 35.5. The number of rotatable bonds is 11. The average molecular weight is 435 g/mol. The topological polar surface area (TPSA) is 60.0 Å². The number of aliphatic hydroxyl groups is 1. The van der Waals surface area contributed by atoms with E-state index in [1.165, 1.54) is 0 Å². The Kier molecular flexibility index (Phi) is 9.48. The van der Waals surface area contributed by atoms with E-state index in [2.05, 4.69) is 5.32 Å². The van der Waals surface area contributed by atoms with Gasteiger partial charge in [0, 0.05) is 24.2 Å². The molecular formula is C19H22Cl3NO4. The summed E-state index contributed by atoms with van der Waals surface area (Å²) < 4.78 is 16.5. The van der Waals surface area contributed by atoms with Crippen molar-refractivity contribution in [1.29, 1.82) is 0 Å². The van der Waals surface area contributed by atoms with Crippen molar-refractivity contribution in [2.75, 3.05) is 33.5 Å². The lowest BCUT2D eigenvalue weighted by molar-refractivity contribution is 0.0938. The fourth-order valence-electron chi connectivity index (χ4n) is 2.31. The molecule has 0 amide bonds. The lowest BCUT2D eigenvalue weighted by Crippen LogP contribution is -2.20. The van der Waals surface area contributed by atoms with E-state index in [0.29, 0.717) is 59.5 Å². The summed E-state index contributed by atoms with van der Waals surface area (Å²) >= 11 is 18.3. The van der Waals surface area contributed by atoms with E-state index in [9.17, 15) is 0 Å². The van der Waals surface area contributed by atoms with Crippen LogP contribution in [0.15, 0.2) is 30.3 Å². The zero-order chi connectivity index (χ0) is 19.6. The lowest BCUT2D eigenvalue weighted by atomic mass is 10.2. The minimum atomic E-state index is 0.0206. The van der Waals surface area contributed by atoms with Gasteiger partial charge < -0.3 is 24.6 Å². The number of hydrogen-bond donors (Lipinski definition) is 2. The minimum Gasteiger partial charge on any atom is -0.493 e. The van der Waals surface area contributed by atoms with E-state index < -0.39 is 0 Å². The molecule has 2 N–H and O–H groups in total. The Balaban J connectivity index is 1.96. The smallest absolute Gasteiger partial charge is 0.163 e. The summed E-state index contributed by atoms with van der Waals surface area (Å²) in [5.74, 6) is 1.14. The molecule has 0 aliphatic rings. The van der Waals surface area contributed by atoms with Crippen molar-refractivity contribution < 1.29 is 19.3 Å². The van der Waals surface area contributed by atoms with Gasteiger partial charge in [-0.2, -0.15) is 0 Å². The highest BCUT2D eigenvalue weighted by Gasteiger charge is 2.11. The van der Waals surface area contributed by atoms with Crippen molar-refractivity contribution in [1.82, 2.24) is 5.32 Å². The molecule has 0 radical (unpaired) electrons. The number of aliphatic hydroxyl groups excluding tert-OH is 1. The summed E-state index contributed by atoms with van der Waals surface area (Å²) in [4.78, 5) is 0. The second-order valence-electron chi connectivity index (χ2n) is 5.64. The number of halogens is 3. The van der Waals surface area contributed by atoms with Gasteiger partial charge in [-0.25, -0.2) is 0 Å². The van der Waals surface area contributed by atoms with Crippen LogP contribution in [-0.4, -0.2) is 38.6 Å². The van der Waals surface area contributed by atoms with Crippen LogP contribution >= 0.6 is 34.8 Å². The van der Waals surface area contributed by atoms with Gasteiger partial charge in [-0.15, -0.1) is 0 Å². The quantitative estimate of drug-likeness (QED) is 0.515. The van der Waals surface area contributed by atoms with E-state index in [0.717, 1.165) is 11.1 Å². The Morgan fingerprint density at radius 1 is 0.963 bits per heavy atom. The van der Waals surface area contributed by atoms with Gasteiger partial charge in [0.15, 0.2) is 11.5 Å². The zero-order valence-electron chi connectivity index (χ0n) is 14.9. The SMILES string of the molecule is COc1cc(CNCCOCCO)c(Cl)cc1OCc1ccc(Cl)c(Cl)c1. The first kappa shape index (κ1) is 22.1. The molecule has 0 atom stereocenters. The Morgan fingerprint density at radius 2 is 1.78 bits per heavy atom. The summed E-state index contributed by atoms with van der Waals surface area (Å²) in [6.45, 7) is 2.39. The molecule has 27 heavy (non-hydrogen) atoms. The fourth-order valence-corrected chi connectivity index (χ4v) is 2.85. The summed E-state index contributed by atoms with van der Waals surface area (Å²) in [6.07, 6.45) is 0. The molecule has 2 rings (SSSR count). The number of methoxy groups -OCH3 is 1. The van der Waals surface area contributed by atoms with Crippen LogP contribution in [0.2, 0.25) is 15.1 Å². The monoisotopic (exact) mass is 433 g/mol. The van der Waals surface area contributed by atoms with Crippen molar-refractivity contribution in [3.63, 3.8) is 0 Å². The molecule has 0 fully saturated rings. The molecule has 0 saturated heterocycles. The third-order valence-electron chi connectivity index (χ3n) is 3.69. The number of benzene rings is 2. The van der Waals surface area contributed by atoms with Crippen molar-refractivity contribution in [2.45, 2.75) is 13.2 Å². The standard InChI is InChI=1S/C19H22Cl3NO4/c1-25-18-9-14(11-23-4-6-26-7-5-24)16(21)10-19(18)27-12-13-2-3-15(20)17(22)8-13/h2-3,8-10,23-24H,4-7,11-12H2,1H3. The van der Waals surface area contributed by atoms with E-state index in [-0.39, 0.29) is 6.61 Å². The number of nitrogens with one attached hydrogen (secondary N) is 1. The third kappa shape index (κ3) is 7.03. The molecule has 8 heteroatoms. The number of hydrogen-bond acceptors (Lipinski definition) is 5. The number of ether oxygens (including phenoxy) is 3. The summed E-state index contributed by atoms with van der Waals surface area (Å²) in [5.41, 5.74) is 1.77. The lowest BCUT2D eigenvalue weighted by Gasteiger charge is -2.14. The Hall–Kier alpha value is -1.21. The maximum atomic E-state index is 8.66. The van der Waals surface area contributed by atoms with Crippen LogP contribution in [0.5, 0.6) is 11.5 Å². The van der Waals surface area contributed by atoms with Gasteiger partial charge in [0.1, 0.15) is 6.61 Å². The first-order valence-electron chi connectivity index (χ1n) is 8.37. The van der Waals surface area contributed by atoms with Crippen molar-refractivity contribution >= 4 is 34.8 Å². The van der Waals surface area contributed by atoms with E-state index in [4.69, 9.17) is 54.1 Å². The third-order valence-corrected chi connectivity index (χ3v) is 4.78. The molecule has 0 aromatic heterocycles. The predicted octanol–water partition coefficient (Wildman–Crippen LogP) is 4.33. The van der Waals surface area contributed by atoms with Gasteiger partial charge in [-0.05, 0) is 29.3 Å². The second kappa shape index (κ2) is 11.6. The van der Waals surface area contributed by atoms with Crippen LogP contribution in [0.4, 0.5) is 0 Å². The van der Waals surface area contributed by atoms with Crippen LogP contribution in [-0.2, 0) is 17.9 Å². The Bertz CT molecular complexity index is 743. The summed E-state index contributed by atoms with van der Waals surface area (Å²) in [7, 11) is 1.58. The zero-order valence-corrected chi connectivity index (χ0v) is 17.2. The molecule has 2 aromatic rings. The Morgan fingerprint density at radius 3 is 2.48 bits per heavy atom. The van der Waals surface area contributed by atoms with Gasteiger partial charge in [0.25, 0.3) is 0 Å². The molecule has 0 spiro atoms. The first-order chi connectivity index (χ1) is 13.0. The molecule has 0 bridgehead atoms. The van der Waals surface area contributed by atoms with Crippen molar-refractivity contribution in [3.8, 4) is 11.5 Å². The van der Waals surface area contributed by atoms with Gasteiger partial charge in [0.2, 0.25) is 0 Å². The molecule has 0 saturated carbocycles. The van der Waals surface area contributed by atoms with Crippen molar-refractivity contribution in [3.05, 3.63) is 56.5 Å². The van der Waals surface area contributed by atoms with Gasteiger partial charge in [-0.3, -0.25) is 0 Å². The molecule has 0 unspecified atom stereocenters. The fraction of sp³-hybridized carbons (Fsp3) is 0.368. The first-order valence-corrected chi connectivity index (χ1v) is 9.51. The molecule has 0 heterocycles. The largest absolute Gasteiger partial charge is 0.493 e. The second-order valence-corrected chi connectivity index (χ2v) is 6.87. The minimum absolute atomic E-state index is 0.0206. The molecule has 5 nitrogen and oxygen atoms in total. The molecule has 0 aliphatic heterocycles. The van der Waals surface area contributed by atoms with Crippen LogP contribution < -0.4 is 14.8 Å².